The first-order chi connectivity index (χ1) is 8.00. The van der Waals surface area contributed by atoms with Gasteiger partial charge in [0.25, 0.3) is 0 Å². The molecule has 1 heterocycles. The van der Waals surface area contributed by atoms with Gasteiger partial charge in [0.05, 0.1) is 13.0 Å². The van der Waals surface area contributed by atoms with Crippen molar-refractivity contribution in [2.75, 3.05) is 26.7 Å². The number of rotatable bonds is 5. The minimum Gasteiger partial charge on any atom is -0.481 e. The second-order valence-corrected chi connectivity index (χ2v) is 4.23. The van der Waals surface area contributed by atoms with Crippen LogP contribution in [0, 0.1) is 0 Å². The zero-order chi connectivity index (χ0) is 12.8. The number of likely N-dealkylation sites (N-methyl/N-ethyl adjacent to an activating group) is 1. The van der Waals surface area contributed by atoms with Crippen molar-refractivity contribution in [1.29, 1.82) is 0 Å². The van der Waals surface area contributed by atoms with Gasteiger partial charge in [0.1, 0.15) is 0 Å². The Morgan fingerprint density at radius 3 is 2.71 bits per heavy atom. The number of piperidine rings is 1. The largest absolute Gasteiger partial charge is 0.481 e. The number of carboxylic acids is 1. The maximum Gasteiger partial charge on any atom is 0.305 e. The summed E-state index contributed by atoms with van der Waals surface area (Å²) < 4.78 is 0. The second kappa shape index (κ2) is 6.22. The summed E-state index contributed by atoms with van der Waals surface area (Å²) in [7, 11) is 1.56. The fraction of sp³-hybridized carbons (Fsp3) is 0.727. The second-order valence-electron chi connectivity index (χ2n) is 4.23. The van der Waals surface area contributed by atoms with E-state index in [1.165, 1.54) is 4.90 Å². The zero-order valence-electron chi connectivity index (χ0n) is 10.0. The van der Waals surface area contributed by atoms with E-state index in [-0.39, 0.29) is 31.3 Å². The van der Waals surface area contributed by atoms with E-state index in [9.17, 15) is 14.4 Å². The number of amides is 2. The predicted molar refractivity (Wildman–Crippen MR) is 60.3 cm³/mol. The highest BCUT2D eigenvalue weighted by Gasteiger charge is 2.22. The van der Waals surface area contributed by atoms with Crippen LogP contribution in [-0.2, 0) is 14.4 Å². The molecule has 1 rings (SSSR count). The van der Waals surface area contributed by atoms with E-state index in [1.54, 1.807) is 11.9 Å². The van der Waals surface area contributed by atoms with Gasteiger partial charge in [-0.3, -0.25) is 14.4 Å². The first kappa shape index (κ1) is 13.5. The molecule has 1 aliphatic heterocycles. The third-order valence-electron chi connectivity index (χ3n) is 2.83. The van der Waals surface area contributed by atoms with Crippen LogP contribution in [0.5, 0.6) is 0 Å². The van der Waals surface area contributed by atoms with Crippen molar-refractivity contribution in [3.63, 3.8) is 0 Å². The quantitative estimate of drug-likeness (QED) is 0.732. The van der Waals surface area contributed by atoms with Gasteiger partial charge in [-0.05, 0) is 12.8 Å². The van der Waals surface area contributed by atoms with E-state index < -0.39 is 5.97 Å². The molecular weight excluding hydrogens is 224 g/mol. The molecule has 96 valence electrons. The summed E-state index contributed by atoms with van der Waals surface area (Å²) in [5, 5.41) is 8.51. The molecule has 0 atom stereocenters. The Hall–Kier alpha value is -1.59. The normalized spacial score (nSPS) is 15.8. The molecule has 0 saturated carbocycles. The summed E-state index contributed by atoms with van der Waals surface area (Å²) in [6.45, 7) is 0.864. The van der Waals surface area contributed by atoms with Gasteiger partial charge in [0.2, 0.25) is 11.8 Å². The summed E-state index contributed by atoms with van der Waals surface area (Å²) in [6.07, 6.45) is 2.25. The van der Waals surface area contributed by atoms with Gasteiger partial charge in [0, 0.05) is 26.6 Å². The summed E-state index contributed by atoms with van der Waals surface area (Å²) >= 11 is 0. The molecular formula is C11H18N2O4. The number of hydrogen-bond donors (Lipinski definition) is 1. The molecule has 1 aliphatic rings. The monoisotopic (exact) mass is 242 g/mol. The van der Waals surface area contributed by atoms with Crippen LogP contribution >= 0.6 is 0 Å². The van der Waals surface area contributed by atoms with Crippen LogP contribution in [-0.4, -0.2) is 59.4 Å². The Kier molecular flexibility index (Phi) is 4.93. The average Bonchev–Trinajstić information content (AvgIpc) is 2.28. The lowest BCUT2D eigenvalue weighted by molar-refractivity contribution is -0.142. The highest BCUT2D eigenvalue weighted by Crippen LogP contribution is 2.10. The number of likely N-dealkylation sites (tertiary alicyclic amines) is 1. The Labute approximate surface area is 100 Å². The summed E-state index contributed by atoms with van der Waals surface area (Å²) in [4.78, 5) is 36.5. The minimum absolute atomic E-state index is 0.0104. The van der Waals surface area contributed by atoms with E-state index in [2.05, 4.69) is 0 Å². The van der Waals surface area contributed by atoms with Gasteiger partial charge >= 0.3 is 5.97 Å². The van der Waals surface area contributed by atoms with Crippen molar-refractivity contribution < 1.29 is 19.5 Å². The van der Waals surface area contributed by atoms with Crippen molar-refractivity contribution in [2.24, 2.45) is 0 Å². The average molecular weight is 242 g/mol. The zero-order valence-corrected chi connectivity index (χ0v) is 10.0. The fourth-order valence-corrected chi connectivity index (χ4v) is 1.70. The Balaban J connectivity index is 2.36. The topological polar surface area (TPSA) is 77.9 Å². The number of carbonyl (C=O) groups is 3. The highest BCUT2D eigenvalue weighted by molar-refractivity contribution is 5.85. The smallest absolute Gasteiger partial charge is 0.305 e. The molecule has 6 nitrogen and oxygen atoms in total. The Morgan fingerprint density at radius 2 is 2.12 bits per heavy atom. The summed E-state index contributed by atoms with van der Waals surface area (Å²) in [5.41, 5.74) is 0. The lowest BCUT2D eigenvalue weighted by atomic mass is 10.1. The first-order valence-corrected chi connectivity index (χ1v) is 5.74. The number of carbonyl (C=O) groups excluding carboxylic acids is 2. The third kappa shape index (κ3) is 4.42. The van der Waals surface area contributed by atoms with Crippen LogP contribution in [0.25, 0.3) is 0 Å². The fourth-order valence-electron chi connectivity index (χ4n) is 1.70. The van der Waals surface area contributed by atoms with Crippen LogP contribution in [0.3, 0.4) is 0 Å². The molecule has 2 amide bonds. The van der Waals surface area contributed by atoms with Gasteiger partial charge in [-0.25, -0.2) is 0 Å². The van der Waals surface area contributed by atoms with Crippen LogP contribution in [0.1, 0.15) is 25.7 Å². The van der Waals surface area contributed by atoms with Crippen molar-refractivity contribution in [1.82, 2.24) is 9.80 Å². The van der Waals surface area contributed by atoms with Crippen LogP contribution in [0.2, 0.25) is 0 Å². The van der Waals surface area contributed by atoms with E-state index in [0.717, 1.165) is 12.8 Å². The van der Waals surface area contributed by atoms with Gasteiger partial charge in [-0.2, -0.15) is 0 Å². The third-order valence-corrected chi connectivity index (χ3v) is 2.83. The minimum atomic E-state index is -0.932. The van der Waals surface area contributed by atoms with Crippen molar-refractivity contribution in [2.45, 2.75) is 25.7 Å². The molecule has 6 heteroatoms. The highest BCUT2D eigenvalue weighted by atomic mass is 16.4. The van der Waals surface area contributed by atoms with Gasteiger partial charge < -0.3 is 14.9 Å². The van der Waals surface area contributed by atoms with Crippen molar-refractivity contribution in [3.05, 3.63) is 0 Å². The molecule has 0 aromatic carbocycles. The Bertz CT molecular complexity index is 317. The van der Waals surface area contributed by atoms with Crippen LogP contribution in [0.4, 0.5) is 0 Å². The predicted octanol–water partition coefficient (Wildman–Crippen LogP) is -0.0680. The molecule has 0 aromatic rings. The maximum atomic E-state index is 11.7. The van der Waals surface area contributed by atoms with E-state index in [0.29, 0.717) is 13.0 Å². The molecule has 0 aromatic heterocycles. The Morgan fingerprint density at radius 1 is 1.41 bits per heavy atom. The lowest BCUT2D eigenvalue weighted by Gasteiger charge is -2.28. The van der Waals surface area contributed by atoms with Gasteiger partial charge in [-0.15, -0.1) is 0 Å². The number of carboxylic acid groups (broad SMARTS) is 1. The standard InChI is InChI=1S/C11H18N2O4/c1-12(7-5-11(16)17)10(15)8-13-6-3-2-4-9(13)14/h2-8H2,1H3,(H,16,17). The molecule has 0 bridgehead atoms. The summed E-state index contributed by atoms with van der Waals surface area (Å²) in [6, 6.07) is 0. The lowest BCUT2D eigenvalue weighted by Crippen LogP contribution is -2.43. The maximum absolute atomic E-state index is 11.7. The van der Waals surface area contributed by atoms with Gasteiger partial charge in [-0.1, -0.05) is 0 Å². The molecule has 1 fully saturated rings. The number of hydrogen-bond acceptors (Lipinski definition) is 3. The van der Waals surface area contributed by atoms with Crippen molar-refractivity contribution in [3.8, 4) is 0 Å². The van der Waals surface area contributed by atoms with Crippen molar-refractivity contribution >= 4 is 17.8 Å². The first-order valence-electron chi connectivity index (χ1n) is 5.74. The van der Waals surface area contributed by atoms with Gasteiger partial charge in [0.15, 0.2) is 0 Å². The number of aliphatic carboxylic acids is 1. The number of nitrogens with zero attached hydrogens (tertiary/aromatic N) is 2. The van der Waals surface area contributed by atoms with E-state index in [4.69, 9.17) is 5.11 Å². The molecule has 17 heavy (non-hydrogen) atoms. The van der Waals surface area contributed by atoms with Crippen LogP contribution in [0.15, 0.2) is 0 Å². The summed E-state index contributed by atoms with van der Waals surface area (Å²) in [5.74, 6) is -1.13. The van der Waals surface area contributed by atoms with Crippen LogP contribution < -0.4 is 0 Å². The van der Waals surface area contributed by atoms with E-state index >= 15 is 0 Å². The molecule has 0 spiro atoms. The molecule has 0 radical (unpaired) electrons. The molecule has 0 unspecified atom stereocenters. The van der Waals surface area contributed by atoms with E-state index in [1.807, 2.05) is 0 Å². The SMILES string of the molecule is CN(CCC(=O)O)C(=O)CN1CCCCC1=O. The molecule has 1 N–H and O–H groups in total. The molecule has 1 saturated heterocycles. The molecule has 0 aliphatic carbocycles.